The third-order valence-electron chi connectivity index (χ3n) is 4.97. The monoisotopic (exact) mass is 346 g/mol. The highest BCUT2D eigenvalue weighted by Crippen LogP contribution is 2.45. The molecule has 1 aliphatic rings. The first-order valence-electron chi connectivity index (χ1n) is 8.01. The van der Waals surface area contributed by atoms with E-state index in [-0.39, 0.29) is 5.60 Å². The van der Waals surface area contributed by atoms with Crippen LogP contribution < -0.4 is 0 Å². The molecule has 4 heteroatoms. The van der Waals surface area contributed by atoms with Crippen LogP contribution >= 0.6 is 0 Å². The quantitative estimate of drug-likeness (QED) is 0.391. The van der Waals surface area contributed by atoms with Gasteiger partial charge in [0.15, 0.2) is 7.83 Å². The van der Waals surface area contributed by atoms with Crippen LogP contribution in [0.1, 0.15) is 12.0 Å². The molecule has 2 rings (SSSR count). The molecule has 2 nitrogen and oxygen atoms in total. The minimum atomic E-state index is -1.59. The van der Waals surface area contributed by atoms with E-state index >= 15 is 0 Å². The Balaban J connectivity index is 0.000000463. The predicted molar refractivity (Wildman–Crippen MR) is 105 cm³/mol. The van der Waals surface area contributed by atoms with Crippen LogP contribution in [0.3, 0.4) is 0 Å². The average molecular weight is 347 g/mol. The fraction of sp³-hybridized carbons (Fsp3) is 0.368. The third-order valence-corrected chi connectivity index (χ3v) is 21.4. The number of rotatable bonds is 4. The molecule has 1 heterocycles. The van der Waals surface area contributed by atoms with Gasteiger partial charge in [-0.05, 0) is 25.1 Å². The van der Waals surface area contributed by atoms with Crippen molar-refractivity contribution < 1.29 is 9.16 Å². The second-order valence-electron chi connectivity index (χ2n) is 6.93. The van der Waals surface area contributed by atoms with Crippen molar-refractivity contribution >= 4 is 15.4 Å². The maximum absolute atomic E-state index is 6.69. The van der Waals surface area contributed by atoms with E-state index < -0.39 is 15.4 Å². The first-order chi connectivity index (χ1) is 10.7. The van der Waals surface area contributed by atoms with E-state index in [9.17, 15) is 0 Å². The zero-order chi connectivity index (χ0) is 17.6. The molecule has 0 bridgehead atoms. The summed E-state index contributed by atoms with van der Waals surface area (Å²) in [6, 6.07) is 11.9. The second-order valence-corrected chi connectivity index (χ2v) is 22.1. The maximum Gasteiger partial charge on any atom is 0.175 e. The van der Waals surface area contributed by atoms with Gasteiger partial charge >= 0.3 is 0 Å². The Hall–Kier alpha value is -1.37. The van der Waals surface area contributed by atoms with Gasteiger partial charge < -0.3 is 9.16 Å². The average Bonchev–Trinajstić information content (AvgIpc) is 2.52. The van der Waals surface area contributed by atoms with Gasteiger partial charge in [0, 0.05) is 0 Å². The molecule has 1 atom stereocenters. The normalized spacial score (nSPS) is 24.5. The molecule has 0 spiro atoms. The van der Waals surface area contributed by atoms with Crippen LogP contribution in [-0.4, -0.2) is 15.4 Å². The molecule has 1 saturated heterocycles. The Bertz CT molecular complexity index is 532. The molecule has 0 aliphatic carbocycles. The number of hydrogen-bond donors (Lipinski definition) is 0. The molecule has 23 heavy (non-hydrogen) atoms. The first-order valence-corrected chi connectivity index (χ1v) is 15.1. The van der Waals surface area contributed by atoms with Crippen molar-refractivity contribution in [2.75, 3.05) is 0 Å². The van der Waals surface area contributed by atoms with Gasteiger partial charge in [-0.3, -0.25) is 0 Å². The van der Waals surface area contributed by atoms with Crippen molar-refractivity contribution in [3.63, 3.8) is 0 Å². The lowest BCUT2D eigenvalue weighted by Gasteiger charge is -2.51. The molecule has 1 aromatic rings. The lowest BCUT2D eigenvalue weighted by Crippen LogP contribution is -2.63. The van der Waals surface area contributed by atoms with Crippen molar-refractivity contribution in [2.45, 2.75) is 44.3 Å². The summed E-state index contributed by atoms with van der Waals surface area (Å²) in [4.78, 5) is 0. The summed E-state index contributed by atoms with van der Waals surface area (Å²) in [6.07, 6.45) is 5.75. The van der Waals surface area contributed by atoms with Crippen LogP contribution in [-0.2, 0) is 14.8 Å². The van der Waals surface area contributed by atoms with Crippen molar-refractivity contribution in [3.05, 3.63) is 74.2 Å². The first kappa shape index (κ1) is 19.7. The standard InChI is InChI=1S/C15H24OSi2.C4H6O/c1-6-15(14-10-8-7-9-11-14)12-13-17(2,3)18(4,5)16-15;1-3-5-4-2/h6-11H,1,12-13H2,2-5H3;3-4H,1-2H2. The molecule has 0 radical (unpaired) electrons. The summed E-state index contributed by atoms with van der Waals surface area (Å²) >= 11 is 0. The topological polar surface area (TPSA) is 18.5 Å². The summed E-state index contributed by atoms with van der Waals surface area (Å²) in [6.45, 7) is 20.3. The molecule has 0 N–H and O–H groups in total. The lowest BCUT2D eigenvalue weighted by atomic mass is 9.91. The van der Waals surface area contributed by atoms with Crippen LogP contribution in [0.25, 0.3) is 0 Å². The molecule has 0 amide bonds. The highest BCUT2D eigenvalue weighted by Gasteiger charge is 2.52. The molecule has 1 unspecified atom stereocenters. The number of ether oxygens (including phenoxy) is 1. The van der Waals surface area contributed by atoms with E-state index in [1.54, 1.807) is 0 Å². The Kier molecular flexibility index (Phi) is 6.80. The van der Waals surface area contributed by atoms with Crippen LogP contribution in [0.4, 0.5) is 0 Å². The van der Waals surface area contributed by atoms with Crippen LogP contribution in [0.5, 0.6) is 0 Å². The van der Waals surface area contributed by atoms with Crippen molar-refractivity contribution in [2.24, 2.45) is 0 Å². The molecule has 126 valence electrons. The molecule has 0 saturated carbocycles. The lowest BCUT2D eigenvalue weighted by molar-refractivity contribution is 0.103. The fourth-order valence-corrected chi connectivity index (χ4v) is 9.34. The SMILES string of the molecule is C=CC1(c2ccccc2)CC[Si](C)(C)[Si](C)(C)O1.C=COC=C. The van der Waals surface area contributed by atoms with E-state index in [4.69, 9.17) is 4.43 Å². The summed E-state index contributed by atoms with van der Waals surface area (Å²) in [5.74, 6) is 0. The zero-order valence-corrected chi connectivity index (χ0v) is 17.0. The van der Waals surface area contributed by atoms with E-state index in [0.29, 0.717) is 0 Å². The second kappa shape index (κ2) is 7.95. The molecule has 0 aromatic heterocycles. The summed E-state index contributed by atoms with van der Waals surface area (Å²) in [5, 5.41) is 0. The van der Waals surface area contributed by atoms with Crippen molar-refractivity contribution in [1.82, 2.24) is 0 Å². The van der Waals surface area contributed by atoms with E-state index in [0.717, 1.165) is 6.42 Å². The van der Waals surface area contributed by atoms with Gasteiger partial charge in [-0.25, -0.2) is 0 Å². The molecular weight excluding hydrogens is 316 g/mol. The van der Waals surface area contributed by atoms with Gasteiger partial charge in [-0.1, -0.05) is 75.3 Å². The van der Waals surface area contributed by atoms with E-state index in [2.05, 4.69) is 81.0 Å². The van der Waals surface area contributed by atoms with Gasteiger partial charge in [0.25, 0.3) is 0 Å². The molecule has 1 fully saturated rings. The fourth-order valence-electron chi connectivity index (χ4n) is 2.70. The van der Waals surface area contributed by atoms with Crippen molar-refractivity contribution in [3.8, 4) is 0 Å². The minimum Gasteiger partial charge on any atom is -0.474 e. The predicted octanol–water partition coefficient (Wildman–Crippen LogP) is 5.77. The van der Waals surface area contributed by atoms with Crippen LogP contribution in [0.2, 0.25) is 32.2 Å². The smallest absolute Gasteiger partial charge is 0.175 e. The molecular formula is C19H30O2Si2. The van der Waals surface area contributed by atoms with Gasteiger partial charge in [0.05, 0.1) is 25.7 Å². The van der Waals surface area contributed by atoms with Crippen LogP contribution in [0.15, 0.2) is 68.7 Å². The Morgan fingerprint density at radius 2 is 1.61 bits per heavy atom. The Morgan fingerprint density at radius 3 is 2.00 bits per heavy atom. The van der Waals surface area contributed by atoms with Crippen LogP contribution in [0, 0.1) is 0 Å². The largest absolute Gasteiger partial charge is 0.474 e. The zero-order valence-electron chi connectivity index (χ0n) is 15.0. The van der Waals surface area contributed by atoms with Gasteiger partial charge in [-0.15, -0.1) is 0 Å². The molecule has 1 aromatic carbocycles. The molecule has 1 aliphatic heterocycles. The third kappa shape index (κ3) is 4.56. The number of hydrogen-bond acceptors (Lipinski definition) is 2. The summed E-state index contributed by atoms with van der Waals surface area (Å²) in [5.41, 5.74) is 1.03. The Morgan fingerprint density at radius 1 is 1.04 bits per heavy atom. The van der Waals surface area contributed by atoms with E-state index in [1.165, 1.54) is 24.1 Å². The summed E-state index contributed by atoms with van der Waals surface area (Å²) < 4.78 is 11.1. The Labute approximate surface area is 143 Å². The van der Waals surface area contributed by atoms with E-state index in [1.807, 2.05) is 6.08 Å². The van der Waals surface area contributed by atoms with Gasteiger partial charge in [0.2, 0.25) is 0 Å². The highest BCUT2D eigenvalue weighted by atomic mass is 29.3. The maximum atomic E-state index is 6.69. The number of benzene rings is 1. The summed E-state index contributed by atoms with van der Waals surface area (Å²) in [7, 11) is -2.78. The van der Waals surface area contributed by atoms with Crippen molar-refractivity contribution in [1.29, 1.82) is 0 Å². The van der Waals surface area contributed by atoms with Gasteiger partial charge in [0.1, 0.15) is 0 Å². The minimum absolute atomic E-state index is 0.237. The highest BCUT2D eigenvalue weighted by molar-refractivity contribution is 7.38. The van der Waals surface area contributed by atoms with Gasteiger partial charge in [-0.2, -0.15) is 0 Å².